The number of nitrogens with one attached hydrogen (secondary N) is 1. The van der Waals surface area contributed by atoms with Gasteiger partial charge in [-0.2, -0.15) is 0 Å². The monoisotopic (exact) mass is 195 g/mol. The fourth-order valence-corrected chi connectivity index (χ4v) is 1.95. The van der Waals surface area contributed by atoms with E-state index in [1.54, 1.807) is 0 Å². The topological polar surface area (TPSA) is 12.0 Å². The second-order valence-electron chi connectivity index (χ2n) is 4.73. The summed E-state index contributed by atoms with van der Waals surface area (Å²) in [5.41, 5.74) is 0. The lowest BCUT2D eigenvalue weighted by atomic mass is 9.93. The van der Waals surface area contributed by atoms with E-state index in [9.17, 15) is 0 Å². The Morgan fingerprint density at radius 1 is 1.36 bits per heavy atom. The molecule has 1 rings (SSSR count). The lowest BCUT2D eigenvalue weighted by molar-refractivity contribution is 0.347. The minimum atomic E-state index is 0.672. The summed E-state index contributed by atoms with van der Waals surface area (Å²) < 4.78 is 0. The average molecular weight is 195 g/mol. The van der Waals surface area contributed by atoms with Crippen molar-refractivity contribution in [2.75, 3.05) is 6.54 Å². The highest BCUT2D eigenvalue weighted by atomic mass is 14.9. The second-order valence-corrected chi connectivity index (χ2v) is 4.73. The van der Waals surface area contributed by atoms with Gasteiger partial charge in [0.25, 0.3) is 0 Å². The molecule has 1 nitrogen and oxygen atoms in total. The molecule has 3 atom stereocenters. The first-order valence-electron chi connectivity index (χ1n) is 6.12. The predicted molar refractivity (Wildman–Crippen MR) is 63.4 cm³/mol. The molecule has 82 valence electrons. The van der Waals surface area contributed by atoms with E-state index in [2.05, 4.69) is 38.2 Å². The zero-order chi connectivity index (χ0) is 10.4. The summed E-state index contributed by atoms with van der Waals surface area (Å²) >= 11 is 0. The van der Waals surface area contributed by atoms with Crippen LogP contribution in [0.3, 0.4) is 0 Å². The van der Waals surface area contributed by atoms with E-state index in [4.69, 9.17) is 0 Å². The van der Waals surface area contributed by atoms with Crippen molar-refractivity contribution in [3.05, 3.63) is 12.2 Å². The lowest BCUT2D eigenvalue weighted by Gasteiger charge is -2.24. The summed E-state index contributed by atoms with van der Waals surface area (Å²) in [6.07, 6.45) is 9.86. The van der Waals surface area contributed by atoms with Crippen LogP contribution in [0.25, 0.3) is 0 Å². The standard InChI is InChI=1S/C13H25N/c1-4-11(2)12(3)14-10-13-8-6-5-7-9-13/h5-6,11-14H,4,7-10H2,1-3H3. The molecule has 0 aromatic rings. The van der Waals surface area contributed by atoms with Gasteiger partial charge >= 0.3 is 0 Å². The highest BCUT2D eigenvalue weighted by Gasteiger charge is 2.13. The van der Waals surface area contributed by atoms with E-state index in [-0.39, 0.29) is 0 Å². The summed E-state index contributed by atoms with van der Waals surface area (Å²) in [7, 11) is 0. The quantitative estimate of drug-likeness (QED) is 0.663. The third kappa shape index (κ3) is 3.83. The maximum atomic E-state index is 3.67. The van der Waals surface area contributed by atoms with Crippen molar-refractivity contribution < 1.29 is 0 Å². The van der Waals surface area contributed by atoms with Crippen molar-refractivity contribution in [3.63, 3.8) is 0 Å². The van der Waals surface area contributed by atoms with E-state index in [0.29, 0.717) is 6.04 Å². The minimum Gasteiger partial charge on any atom is -0.314 e. The van der Waals surface area contributed by atoms with Gasteiger partial charge in [0.15, 0.2) is 0 Å². The fourth-order valence-electron chi connectivity index (χ4n) is 1.95. The zero-order valence-electron chi connectivity index (χ0n) is 9.92. The van der Waals surface area contributed by atoms with Gasteiger partial charge in [0.2, 0.25) is 0 Å². The lowest BCUT2D eigenvalue weighted by Crippen LogP contribution is -2.35. The van der Waals surface area contributed by atoms with E-state index in [1.807, 2.05) is 0 Å². The summed E-state index contributed by atoms with van der Waals surface area (Å²) in [6.45, 7) is 8.12. The summed E-state index contributed by atoms with van der Waals surface area (Å²) in [5, 5.41) is 3.67. The minimum absolute atomic E-state index is 0.672. The Balaban J connectivity index is 2.16. The molecule has 0 aromatic carbocycles. The maximum Gasteiger partial charge on any atom is 0.00643 e. The largest absolute Gasteiger partial charge is 0.314 e. The highest BCUT2D eigenvalue weighted by Crippen LogP contribution is 2.17. The van der Waals surface area contributed by atoms with E-state index >= 15 is 0 Å². The molecule has 0 spiro atoms. The van der Waals surface area contributed by atoms with Crippen LogP contribution in [0, 0.1) is 11.8 Å². The zero-order valence-corrected chi connectivity index (χ0v) is 9.92. The van der Waals surface area contributed by atoms with Gasteiger partial charge in [-0.1, -0.05) is 32.4 Å². The van der Waals surface area contributed by atoms with Crippen molar-refractivity contribution in [1.29, 1.82) is 0 Å². The Labute approximate surface area is 89.0 Å². The molecule has 1 aliphatic rings. The molecule has 1 N–H and O–H groups in total. The molecule has 0 amide bonds. The molecule has 1 aliphatic carbocycles. The van der Waals surface area contributed by atoms with Crippen LogP contribution in [-0.4, -0.2) is 12.6 Å². The molecule has 14 heavy (non-hydrogen) atoms. The number of allylic oxidation sites excluding steroid dienone is 2. The first-order chi connectivity index (χ1) is 6.74. The van der Waals surface area contributed by atoms with Crippen LogP contribution >= 0.6 is 0 Å². The van der Waals surface area contributed by atoms with Crippen molar-refractivity contribution in [1.82, 2.24) is 5.32 Å². The molecule has 0 aromatic heterocycles. The molecule has 0 bridgehead atoms. The Morgan fingerprint density at radius 3 is 2.71 bits per heavy atom. The average Bonchev–Trinajstić information content (AvgIpc) is 2.26. The van der Waals surface area contributed by atoms with Gasteiger partial charge in [-0.15, -0.1) is 0 Å². The van der Waals surface area contributed by atoms with Gasteiger partial charge in [0.05, 0.1) is 0 Å². The van der Waals surface area contributed by atoms with Crippen molar-refractivity contribution in [2.24, 2.45) is 11.8 Å². The van der Waals surface area contributed by atoms with E-state index < -0.39 is 0 Å². The summed E-state index contributed by atoms with van der Waals surface area (Å²) in [6, 6.07) is 0.672. The molecular weight excluding hydrogens is 170 g/mol. The third-order valence-corrected chi connectivity index (χ3v) is 3.60. The van der Waals surface area contributed by atoms with Gasteiger partial charge in [-0.3, -0.25) is 0 Å². The van der Waals surface area contributed by atoms with Crippen molar-refractivity contribution in [3.8, 4) is 0 Å². The van der Waals surface area contributed by atoms with Gasteiger partial charge in [-0.05, 0) is 44.6 Å². The van der Waals surface area contributed by atoms with Crippen LogP contribution in [0.2, 0.25) is 0 Å². The second kappa shape index (κ2) is 6.23. The Morgan fingerprint density at radius 2 is 2.14 bits per heavy atom. The summed E-state index contributed by atoms with van der Waals surface area (Å²) in [4.78, 5) is 0. The molecule has 0 saturated heterocycles. The van der Waals surface area contributed by atoms with Gasteiger partial charge in [0.1, 0.15) is 0 Å². The first kappa shape index (κ1) is 11.8. The highest BCUT2D eigenvalue weighted by molar-refractivity contribution is 4.90. The van der Waals surface area contributed by atoms with Crippen LogP contribution in [0.15, 0.2) is 12.2 Å². The Kier molecular flexibility index (Phi) is 5.24. The third-order valence-electron chi connectivity index (χ3n) is 3.60. The maximum absolute atomic E-state index is 3.67. The van der Waals surface area contributed by atoms with Crippen LogP contribution in [0.5, 0.6) is 0 Å². The number of hydrogen-bond donors (Lipinski definition) is 1. The molecule has 0 heterocycles. The number of hydrogen-bond acceptors (Lipinski definition) is 1. The molecule has 0 aliphatic heterocycles. The van der Waals surface area contributed by atoms with Gasteiger partial charge in [0, 0.05) is 6.04 Å². The molecule has 1 heteroatoms. The summed E-state index contributed by atoms with van der Waals surface area (Å²) in [5.74, 6) is 1.68. The fraction of sp³-hybridized carbons (Fsp3) is 0.846. The Bertz CT molecular complexity index is 174. The van der Waals surface area contributed by atoms with Crippen LogP contribution < -0.4 is 5.32 Å². The molecule has 0 radical (unpaired) electrons. The molecule has 0 saturated carbocycles. The SMILES string of the molecule is CCC(C)C(C)NCC1CC=CCC1. The Hall–Kier alpha value is -0.300. The van der Waals surface area contributed by atoms with Crippen LogP contribution in [0.1, 0.15) is 46.5 Å². The van der Waals surface area contributed by atoms with Crippen LogP contribution in [0.4, 0.5) is 0 Å². The van der Waals surface area contributed by atoms with Gasteiger partial charge in [-0.25, -0.2) is 0 Å². The molecule has 3 unspecified atom stereocenters. The molecule has 0 fully saturated rings. The normalized spacial score (nSPS) is 26.1. The van der Waals surface area contributed by atoms with E-state index in [0.717, 1.165) is 11.8 Å². The molecular formula is C13H25N. The van der Waals surface area contributed by atoms with Crippen LogP contribution in [-0.2, 0) is 0 Å². The first-order valence-corrected chi connectivity index (χ1v) is 6.12. The van der Waals surface area contributed by atoms with E-state index in [1.165, 1.54) is 32.2 Å². The van der Waals surface area contributed by atoms with Gasteiger partial charge < -0.3 is 5.32 Å². The number of rotatable bonds is 5. The smallest absolute Gasteiger partial charge is 0.00643 e. The predicted octanol–water partition coefficient (Wildman–Crippen LogP) is 3.37. The van der Waals surface area contributed by atoms with Crippen molar-refractivity contribution in [2.45, 2.75) is 52.5 Å². The van der Waals surface area contributed by atoms with Crippen molar-refractivity contribution >= 4 is 0 Å².